The standard InChI is InChI=1S/C14H12Br2FNOS/c1-2-18(8-10-4-6-13(16)20-10)14(19)11-5-3-9(15)7-12(11)17/h3-7H,2,8H2,1H3. The van der Waals surface area contributed by atoms with Crippen LogP contribution in [0.1, 0.15) is 22.2 Å². The first kappa shape index (κ1) is 15.7. The van der Waals surface area contributed by atoms with E-state index >= 15 is 0 Å². The minimum Gasteiger partial charge on any atom is -0.334 e. The minimum atomic E-state index is -0.504. The van der Waals surface area contributed by atoms with Crippen LogP contribution < -0.4 is 0 Å². The number of benzene rings is 1. The van der Waals surface area contributed by atoms with E-state index in [0.29, 0.717) is 17.6 Å². The fourth-order valence-corrected chi connectivity index (χ4v) is 3.62. The van der Waals surface area contributed by atoms with Gasteiger partial charge in [0.1, 0.15) is 5.82 Å². The van der Waals surface area contributed by atoms with Gasteiger partial charge in [-0.25, -0.2) is 4.39 Å². The minimum absolute atomic E-state index is 0.102. The van der Waals surface area contributed by atoms with Crippen LogP contribution in [-0.2, 0) is 6.54 Å². The molecule has 0 radical (unpaired) electrons. The summed E-state index contributed by atoms with van der Waals surface area (Å²) in [5.74, 6) is -0.794. The van der Waals surface area contributed by atoms with Gasteiger partial charge in [0.25, 0.3) is 5.91 Å². The zero-order valence-electron chi connectivity index (χ0n) is 10.7. The Labute approximate surface area is 137 Å². The van der Waals surface area contributed by atoms with Crippen LogP contribution in [0.3, 0.4) is 0 Å². The summed E-state index contributed by atoms with van der Waals surface area (Å²) in [5.41, 5.74) is 0.102. The lowest BCUT2D eigenvalue weighted by molar-refractivity contribution is 0.0749. The number of hydrogen-bond donors (Lipinski definition) is 0. The highest BCUT2D eigenvalue weighted by atomic mass is 79.9. The second kappa shape index (κ2) is 6.83. The summed E-state index contributed by atoms with van der Waals surface area (Å²) in [6.07, 6.45) is 0. The highest BCUT2D eigenvalue weighted by molar-refractivity contribution is 9.11. The maximum Gasteiger partial charge on any atom is 0.257 e. The van der Waals surface area contributed by atoms with Gasteiger partial charge in [-0.05, 0) is 53.2 Å². The van der Waals surface area contributed by atoms with Crippen LogP contribution >= 0.6 is 43.2 Å². The van der Waals surface area contributed by atoms with Crippen molar-refractivity contribution in [3.05, 3.63) is 54.8 Å². The fourth-order valence-electron chi connectivity index (χ4n) is 1.79. The molecular weight excluding hydrogens is 409 g/mol. The second-order valence-electron chi connectivity index (χ2n) is 4.15. The molecule has 0 spiro atoms. The summed E-state index contributed by atoms with van der Waals surface area (Å²) in [4.78, 5) is 15.1. The van der Waals surface area contributed by atoms with Crippen molar-refractivity contribution < 1.29 is 9.18 Å². The molecular formula is C14H12Br2FNOS. The number of carbonyl (C=O) groups excluding carboxylic acids is 1. The van der Waals surface area contributed by atoms with Crippen LogP contribution in [0.4, 0.5) is 4.39 Å². The molecule has 2 nitrogen and oxygen atoms in total. The summed E-state index contributed by atoms with van der Waals surface area (Å²) in [6, 6.07) is 8.39. The van der Waals surface area contributed by atoms with Crippen LogP contribution in [0, 0.1) is 5.82 Å². The molecule has 0 aliphatic rings. The van der Waals surface area contributed by atoms with E-state index in [4.69, 9.17) is 0 Å². The number of halogens is 3. The molecule has 0 aliphatic carbocycles. The molecule has 0 N–H and O–H groups in total. The molecule has 0 aliphatic heterocycles. The van der Waals surface area contributed by atoms with Gasteiger partial charge < -0.3 is 4.90 Å². The average molecular weight is 421 g/mol. The number of thiophene rings is 1. The zero-order valence-corrected chi connectivity index (χ0v) is 14.7. The van der Waals surface area contributed by atoms with Crippen molar-refractivity contribution >= 4 is 49.1 Å². The van der Waals surface area contributed by atoms with Gasteiger partial charge in [-0.2, -0.15) is 0 Å². The lowest BCUT2D eigenvalue weighted by atomic mass is 10.2. The van der Waals surface area contributed by atoms with Crippen LogP contribution in [0.2, 0.25) is 0 Å². The van der Waals surface area contributed by atoms with Gasteiger partial charge in [0.2, 0.25) is 0 Å². The summed E-state index contributed by atoms with van der Waals surface area (Å²) in [6.45, 7) is 2.91. The maximum atomic E-state index is 13.9. The third-order valence-corrected chi connectivity index (χ3v) is 4.91. The van der Waals surface area contributed by atoms with E-state index in [1.807, 2.05) is 19.1 Å². The molecule has 20 heavy (non-hydrogen) atoms. The van der Waals surface area contributed by atoms with Crippen molar-refractivity contribution in [2.75, 3.05) is 6.54 Å². The molecule has 1 amide bonds. The molecule has 1 aromatic carbocycles. The van der Waals surface area contributed by atoms with E-state index in [1.165, 1.54) is 12.1 Å². The van der Waals surface area contributed by atoms with Crippen molar-refractivity contribution in [1.82, 2.24) is 4.90 Å². The lowest BCUT2D eigenvalue weighted by Gasteiger charge is -2.20. The first-order chi connectivity index (χ1) is 9.51. The third-order valence-electron chi connectivity index (χ3n) is 2.81. The summed E-state index contributed by atoms with van der Waals surface area (Å²) < 4.78 is 15.5. The first-order valence-corrected chi connectivity index (χ1v) is 8.40. The fraction of sp³-hybridized carbons (Fsp3) is 0.214. The van der Waals surface area contributed by atoms with E-state index in [1.54, 1.807) is 22.3 Å². The van der Waals surface area contributed by atoms with Gasteiger partial charge in [0, 0.05) is 15.9 Å². The topological polar surface area (TPSA) is 20.3 Å². The van der Waals surface area contributed by atoms with Crippen LogP contribution in [0.5, 0.6) is 0 Å². The van der Waals surface area contributed by atoms with Crippen molar-refractivity contribution in [3.63, 3.8) is 0 Å². The molecule has 2 rings (SSSR count). The van der Waals surface area contributed by atoms with E-state index in [0.717, 1.165) is 8.66 Å². The Hall–Kier alpha value is -0.720. The average Bonchev–Trinajstić information content (AvgIpc) is 2.81. The Kier molecular flexibility index (Phi) is 5.35. The molecule has 0 fully saturated rings. The summed E-state index contributed by atoms with van der Waals surface area (Å²) in [5, 5.41) is 0. The molecule has 0 bridgehead atoms. The molecule has 106 valence electrons. The molecule has 1 aromatic heterocycles. The zero-order chi connectivity index (χ0) is 14.7. The van der Waals surface area contributed by atoms with E-state index in [2.05, 4.69) is 31.9 Å². The van der Waals surface area contributed by atoms with E-state index in [9.17, 15) is 9.18 Å². The van der Waals surface area contributed by atoms with Gasteiger partial charge in [0.15, 0.2) is 0 Å². The highest BCUT2D eigenvalue weighted by Crippen LogP contribution is 2.24. The molecule has 0 unspecified atom stereocenters. The number of rotatable bonds is 4. The third kappa shape index (κ3) is 3.68. The monoisotopic (exact) mass is 419 g/mol. The Morgan fingerprint density at radius 3 is 2.60 bits per heavy atom. The molecule has 0 atom stereocenters. The number of carbonyl (C=O) groups is 1. The molecule has 1 heterocycles. The van der Waals surface area contributed by atoms with Crippen LogP contribution in [0.15, 0.2) is 38.6 Å². The smallest absolute Gasteiger partial charge is 0.257 e. The summed E-state index contributed by atoms with van der Waals surface area (Å²) >= 11 is 8.16. The predicted octanol–water partition coefficient (Wildman–Crippen LogP) is 5.07. The molecule has 2 aromatic rings. The highest BCUT2D eigenvalue weighted by Gasteiger charge is 2.19. The molecule has 0 saturated carbocycles. The van der Waals surface area contributed by atoms with Gasteiger partial charge in [-0.3, -0.25) is 4.79 Å². The SMILES string of the molecule is CCN(Cc1ccc(Br)s1)C(=O)c1ccc(Br)cc1F. The second-order valence-corrected chi connectivity index (χ2v) is 7.61. The van der Waals surface area contributed by atoms with Crippen molar-refractivity contribution in [1.29, 1.82) is 0 Å². The first-order valence-electron chi connectivity index (χ1n) is 5.99. The normalized spacial score (nSPS) is 10.6. The lowest BCUT2D eigenvalue weighted by Crippen LogP contribution is -2.30. The largest absolute Gasteiger partial charge is 0.334 e. The number of hydrogen-bond acceptors (Lipinski definition) is 2. The molecule has 6 heteroatoms. The van der Waals surface area contributed by atoms with Crippen molar-refractivity contribution in [2.45, 2.75) is 13.5 Å². The Balaban J connectivity index is 2.20. The maximum absolute atomic E-state index is 13.9. The predicted molar refractivity (Wildman–Crippen MR) is 86.5 cm³/mol. The molecule has 0 saturated heterocycles. The number of nitrogens with zero attached hydrogens (tertiary/aromatic N) is 1. The van der Waals surface area contributed by atoms with E-state index in [-0.39, 0.29) is 11.5 Å². The Morgan fingerprint density at radius 2 is 2.05 bits per heavy atom. The van der Waals surface area contributed by atoms with Gasteiger partial charge in [-0.1, -0.05) is 15.9 Å². The van der Waals surface area contributed by atoms with Gasteiger partial charge >= 0.3 is 0 Å². The van der Waals surface area contributed by atoms with Crippen LogP contribution in [-0.4, -0.2) is 17.4 Å². The number of amides is 1. The van der Waals surface area contributed by atoms with Crippen LogP contribution in [0.25, 0.3) is 0 Å². The van der Waals surface area contributed by atoms with Gasteiger partial charge in [0.05, 0.1) is 15.9 Å². The Morgan fingerprint density at radius 1 is 1.30 bits per heavy atom. The van der Waals surface area contributed by atoms with Crippen molar-refractivity contribution in [2.24, 2.45) is 0 Å². The quantitative estimate of drug-likeness (QED) is 0.675. The Bertz CT molecular complexity index is 629. The summed E-state index contributed by atoms with van der Waals surface area (Å²) in [7, 11) is 0. The van der Waals surface area contributed by atoms with E-state index < -0.39 is 5.82 Å². The van der Waals surface area contributed by atoms with Gasteiger partial charge in [-0.15, -0.1) is 11.3 Å². The van der Waals surface area contributed by atoms with Crippen molar-refractivity contribution in [3.8, 4) is 0 Å².